The Hall–Kier alpha value is -2.85. The largest absolute Gasteiger partial charge is 0.324 e. The van der Waals surface area contributed by atoms with Gasteiger partial charge in [0, 0.05) is 6.07 Å². The first kappa shape index (κ1) is 19.5. The van der Waals surface area contributed by atoms with Gasteiger partial charge in [-0.15, -0.1) is 0 Å². The molecule has 0 fully saturated rings. The summed E-state index contributed by atoms with van der Waals surface area (Å²) in [6, 6.07) is 7.15. The Labute approximate surface area is 149 Å². The van der Waals surface area contributed by atoms with E-state index in [1.54, 1.807) is 0 Å². The zero-order valence-electron chi connectivity index (χ0n) is 13.9. The molecule has 1 amide bonds. The number of anilines is 1. The molecule has 10 heteroatoms. The summed E-state index contributed by atoms with van der Waals surface area (Å²) in [4.78, 5) is 22.4. The number of nitrogens with zero attached hydrogens (tertiary/aromatic N) is 1. The minimum absolute atomic E-state index is 0.164. The summed E-state index contributed by atoms with van der Waals surface area (Å²) in [6.07, 6.45) is 0. The zero-order chi connectivity index (χ0) is 19.5. The first-order chi connectivity index (χ1) is 12.1. The van der Waals surface area contributed by atoms with Crippen LogP contribution >= 0.6 is 0 Å². The molecule has 0 aliphatic carbocycles. The minimum Gasteiger partial charge on any atom is -0.324 e. The van der Waals surface area contributed by atoms with Gasteiger partial charge in [0.1, 0.15) is 5.82 Å². The normalized spacial score (nSPS) is 12.4. The number of hydrogen-bond acceptors (Lipinski definition) is 5. The summed E-state index contributed by atoms with van der Waals surface area (Å²) in [5.74, 6) is -1.28. The van der Waals surface area contributed by atoms with Gasteiger partial charge in [0.2, 0.25) is 15.9 Å². The highest BCUT2D eigenvalue weighted by atomic mass is 32.2. The van der Waals surface area contributed by atoms with Crippen molar-refractivity contribution in [2.75, 3.05) is 5.32 Å². The summed E-state index contributed by atoms with van der Waals surface area (Å²) < 4.78 is 39.5. The molecule has 2 aromatic carbocycles. The van der Waals surface area contributed by atoms with Crippen LogP contribution in [0.2, 0.25) is 0 Å². The lowest BCUT2D eigenvalue weighted by atomic mass is 10.1. The molecule has 0 bridgehead atoms. The highest BCUT2D eigenvalue weighted by molar-refractivity contribution is 7.89. The van der Waals surface area contributed by atoms with E-state index in [1.807, 2.05) is 0 Å². The molecule has 2 aromatic rings. The van der Waals surface area contributed by atoms with E-state index in [-0.39, 0.29) is 21.8 Å². The predicted octanol–water partition coefficient (Wildman–Crippen LogP) is 2.35. The first-order valence-corrected chi connectivity index (χ1v) is 8.93. The van der Waals surface area contributed by atoms with Crippen LogP contribution in [0.5, 0.6) is 0 Å². The number of sulfonamides is 1. The lowest BCUT2D eigenvalue weighted by Crippen LogP contribution is -2.41. The van der Waals surface area contributed by atoms with Crippen molar-refractivity contribution in [2.45, 2.75) is 24.8 Å². The number of nitro benzene ring substituents is 1. The molecule has 0 unspecified atom stereocenters. The molecule has 2 N–H and O–H groups in total. The molecule has 1 atom stereocenters. The third-order valence-corrected chi connectivity index (χ3v) is 5.17. The second-order valence-corrected chi connectivity index (χ2v) is 7.21. The van der Waals surface area contributed by atoms with Crippen LogP contribution in [0, 0.1) is 22.9 Å². The van der Waals surface area contributed by atoms with Gasteiger partial charge in [0.05, 0.1) is 27.1 Å². The van der Waals surface area contributed by atoms with Gasteiger partial charge >= 0.3 is 0 Å². The fourth-order valence-electron chi connectivity index (χ4n) is 2.17. The highest BCUT2D eigenvalue weighted by Gasteiger charge is 2.23. The Morgan fingerprint density at radius 1 is 1.19 bits per heavy atom. The number of amides is 1. The average Bonchev–Trinajstić information content (AvgIpc) is 2.56. The van der Waals surface area contributed by atoms with E-state index < -0.39 is 32.7 Å². The zero-order valence-corrected chi connectivity index (χ0v) is 14.7. The Kier molecular flexibility index (Phi) is 5.68. The summed E-state index contributed by atoms with van der Waals surface area (Å²) in [6.45, 7) is 2.80. The Bertz CT molecular complexity index is 945. The number of carbonyl (C=O) groups is 1. The molecule has 8 nitrogen and oxygen atoms in total. The maximum Gasteiger partial charge on any atom is 0.274 e. The Morgan fingerprint density at radius 2 is 1.81 bits per heavy atom. The molecule has 2 rings (SSSR count). The van der Waals surface area contributed by atoms with Crippen molar-refractivity contribution in [3.05, 3.63) is 64.0 Å². The van der Waals surface area contributed by atoms with Gasteiger partial charge in [-0.2, -0.15) is 4.72 Å². The monoisotopic (exact) mass is 381 g/mol. The number of rotatable bonds is 6. The van der Waals surface area contributed by atoms with Gasteiger partial charge in [0.15, 0.2) is 0 Å². The Balaban J connectivity index is 2.14. The van der Waals surface area contributed by atoms with Gasteiger partial charge in [-0.25, -0.2) is 12.8 Å². The molecular formula is C16H16FN3O5S. The number of halogens is 1. The predicted molar refractivity (Wildman–Crippen MR) is 92.6 cm³/mol. The van der Waals surface area contributed by atoms with E-state index in [4.69, 9.17) is 0 Å². The number of benzene rings is 2. The van der Waals surface area contributed by atoms with Crippen molar-refractivity contribution in [3.8, 4) is 0 Å². The lowest BCUT2D eigenvalue weighted by molar-refractivity contribution is -0.385. The molecule has 0 saturated heterocycles. The Morgan fingerprint density at radius 3 is 2.38 bits per heavy atom. The van der Waals surface area contributed by atoms with E-state index in [0.29, 0.717) is 0 Å². The van der Waals surface area contributed by atoms with Crippen LogP contribution in [0.15, 0.2) is 47.4 Å². The van der Waals surface area contributed by atoms with Crippen molar-refractivity contribution < 1.29 is 22.5 Å². The van der Waals surface area contributed by atoms with Gasteiger partial charge in [-0.3, -0.25) is 14.9 Å². The third kappa shape index (κ3) is 4.41. The number of nitrogens with one attached hydrogen (secondary N) is 2. The molecule has 138 valence electrons. The second kappa shape index (κ2) is 7.58. The molecule has 0 aliphatic heterocycles. The fraction of sp³-hybridized carbons (Fsp3) is 0.188. The second-order valence-electron chi connectivity index (χ2n) is 5.49. The molecule has 0 spiro atoms. The lowest BCUT2D eigenvalue weighted by Gasteiger charge is -2.15. The van der Waals surface area contributed by atoms with E-state index >= 15 is 0 Å². The van der Waals surface area contributed by atoms with E-state index in [0.717, 1.165) is 24.3 Å². The third-order valence-electron chi connectivity index (χ3n) is 3.61. The summed E-state index contributed by atoms with van der Waals surface area (Å²) in [7, 11) is -4.03. The number of nitro groups is 1. The van der Waals surface area contributed by atoms with Crippen molar-refractivity contribution in [1.29, 1.82) is 0 Å². The topological polar surface area (TPSA) is 118 Å². The smallest absolute Gasteiger partial charge is 0.274 e. The van der Waals surface area contributed by atoms with Crippen molar-refractivity contribution >= 4 is 27.3 Å². The SMILES string of the molecule is Cc1c(NC(=O)[C@H](C)NS(=O)(=O)c2ccc(F)cc2)cccc1[N+](=O)[O-]. The molecular weight excluding hydrogens is 365 g/mol. The minimum atomic E-state index is -4.03. The molecule has 26 heavy (non-hydrogen) atoms. The van der Waals surface area contributed by atoms with Crippen molar-refractivity contribution in [2.24, 2.45) is 0 Å². The van der Waals surface area contributed by atoms with Crippen LogP contribution in [0.25, 0.3) is 0 Å². The quantitative estimate of drug-likeness (QED) is 0.588. The van der Waals surface area contributed by atoms with Gasteiger partial charge in [-0.05, 0) is 44.2 Å². The maximum atomic E-state index is 12.9. The maximum absolute atomic E-state index is 12.9. The van der Waals surface area contributed by atoms with Crippen molar-refractivity contribution in [3.63, 3.8) is 0 Å². The van der Waals surface area contributed by atoms with Crippen LogP contribution in [0.4, 0.5) is 15.8 Å². The van der Waals surface area contributed by atoms with Crippen LogP contribution in [-0.4, -0.2) is 25.3 Å². The molecule has 0 saturated carbocycles. The van der Waals surface area contributed by atoms with E-state index in [1.165, 1.54) is 32.0 Å². The number of carbonyl (C=O) groups excluding carboxylic acids is 1. The molecule has 0 heterocycles. The first-order valence-electron chi connectivity index (χ1n) is 7.44. The average molecular weight is 381 g/mol. The van der Waals surface area contributed by atoms with Crippen LogP contribution in [0.1, 0.15) is 12.5 Å². The standard InChI is InChI=1S/C16H16FN3O5S/c1-10-14(4-3-5-15(10)20(22)23)18-16(21)11(2)19-26(24,25)13-8-6-12(17)7-9-13/h3-9,11,19H,1-2H3,(H,18,21)/t11-/m0/s1. The molecule has 0 aliphatic rings. The summed E-state index contributed by atoms with van der Waals surface area (Å²) in [5, 5.41) is 13.4. The van der Waals surface area contributed by atoms with Gasteiger partial charge in [0.25, 0.3) is 5.69 Å². The van der Waals surface area contributed by atoms with E-state index in [9.17, 15) is 27.7 Å². The van der Waals surface area contributed by atoms with Gasteiger partial charge in [-0.1, -0.05) is 6.07 Å². The number of hydrogen-bond donors (Lipinski definition) is 2. The van der Waals surface area contributed by atoms with Crippen LogP contribution in [0.3, 0.4) is 0 Å². The summed E-state index contributed by atoms with van der Waals surface area (Å²) in [5.41, 5.74) is 0.291. The molecule has 0 aromatic heterocycles. The fourth-order valence-corrected chi connectivity index (χ4v) is 3.37. The summed E-state index contributed by atoms with van der Waals surface area (Å²) >= 11 is 0. The van der Waals surface area contributed by atoms with Crippen LogP contribution < -0.4 is 10.0 Å². The highest BCUT2D eigenvalue weighted by Crippen LogP contribution is 2.25. The van der Waals surface area contributed by atoms with Gasteiger partial charge < -0.3 is 5.32 Å². The van der Waals surface area contributed by atoms with E-state index in [2.05, 4.69) is 10.0 Å². The van der Waals surface area contributed by atoms with Crippen LogP contribution in [-0.2, 0) is 14.8 Å². The molecule has 0 radical (unpaired) electrons. The van der Waals surface area contributed by atoms with Crippen molar-refractivity contribution in [1.82, 2.24) is 4.72 Å².